The van der Waals surface area contributed by atoms with Crippen molar-refractivity contribution in [3.05, 3.63) is 63.8 Å². The molecule has 3 rings (SSSR count). The molecule has 0 radical (unpaired) electrons. The third-order valence-corrected chi connectivity index (χ3v) is 5.75. The van der Waals surface area contributed by atoms with Gasteiger partial charge in [0.1, 0.15) is 0 Å². The number of halogens is 1. The van der Waals surface area contributed by atoms with Gasteiger partial charge in [-0.25, -0.2) is 13.9 Å². The Morgan fingerprint density at radius 1 is 1.33 bits per heavy atom. The number of nitrogens with two attached hydrogens (primary N) is 1. The van der Waals surface area contributed by atoms with Crippen molar-refractivity contribution in [2.75, 3.05) is 19.4 Å². The average Bonchev–Trinajstić information content (AvgIpc) is 3.42. The molecule has 1 aliphatic rings. The summed E-state index contributed by atoms with van der Waals surface area (Å²) in [6.07, 6.45) is 7.92. The molecule has 0 saturated heterocycles. The van der Waals surface area contributed by atoms with Crippen molar-refractivity contribution < 1.29 is 28.0 Å². The predicted octanol–water partition coefficient (Wildman–Crippen LogP) is 2.61. The number of ether oxygens (including phenoxy) is 2. The predicted molar refractivity (Wildman–Crippen MR) is 131 cm³/mol. The lowest BCUT2D eigenvalue weighted by molar-refractivity contribution is -0.113. The van der Waals surface area contributed by atoms with Crippen molar-refractivity contribution in [2.24, 2.45) is 0 Å². The van der Waals surface area contributed by atoms with Gasteiger partial charge in [-0.3, -0.25) is 4.79 Å². The van der Waals surface area contributed by atoms with E-state index in [-0.39, 0.29) is 18.3 Å². The number of nitrogen functional groups attached to an aromatic ring is 1. The Hall–Kier alpha value is -4.15. The van der Waals surface area contributed by atoms with Crippen molar-refractivity contribution in [1.82, 2.24) is 20.3 Å². The van der Waals surface area contributed by atoms with Crippen LogP contribution in [0.3, 0.4) is 0 Å². The first-order chi connectivity index (χ1) is 17.3. The highest BCUT2D eigenvalue weighted by atomic mass is 19.1. The molecular weight excluding hydrogens is 469 g/mol. The first-order valence-corrected chi connectivity index (χ1v) is 11.4. The van der Waals surface area contributed by atoms with E-state index in [4.69, 9.17) is 15.0 Å². The van der Waals surface area contributed by atoms with Crippen molar-refractivity contribution in [3.8, 4) is 0 Å². The summed E-state index contributed by atoms with van der Waals surface area (Å²) >= 11 is 0. The topological polar surface area (TPSA) is 134 Å². The molecule has 10 nitrogen and oxygen atoms in total. The highest BCUT2D eigenvalue weighted by molar-refractivity contribution is 5.97. The standard InChI is InChI=1S/C25H30FN5O5/c1-15(7-5-6-9-26)20(17(3)32)11-16(2)22-21-23(36-30-24(21)27)19(8-10-28-22)18-12-29-31(13-18)14-35-25(33)34-4/h6,9,11-13,28H,5,7-8,10,14H2,1-4H3,(H2,27,30)/b9-6?,16-11+,20-15+. The number of methoxy groups -OCH3 is 1. The van der Waals surface area contributed by atoms with E-state index in [1.807, 2.05) is 19.9 Å². The molecule has 1 aliphatic heterocycles. The lowest BCUT2D eigenvalue weighted by Crippen LogP contribution is -2.30. The van der Waals surface area contributed by atoms with E-state index in [2.05, 4.69) is 20.3 Å². The molecule has 0 spiro atoms. The molecule has 0 aliphatic carbocycles. The summed E-state index contributed by atoms with van der Waals surface area (Å²) in [6.45, 7) is 5.70. The number of hydrogen-bond acceptors (Lipinski definition) is 9. The number of carbonyl (C=O) groups is 2. The number of nitrogens with one attached hydrogen (secondary N) is 1. The smallest absolute Gasteiger partial charge is 0.438 e. The summed E-state index contributed by atoms with van der Waals surface area (Å²) in [5, 5.41) is 12.2. The van der Waals surface area contributed by atoms with Gasteiger partial charge in [0, 0.05) is 29.5 Å². The molecule has 3 heterocycles. The number of Topliss-reactive ketones (excluding diaryl/α,β-unsaturated/α-hetero) is 1. The summed E-state index contributed by atoms with van der Waals surface area (Å²) in [6, 6.07) is 0. The molecule has 36 heavy (non-hydrogen) atoms. The van der Waals surface area contributed by atoms with Crippen LogP contribution in [0.4, 0.5) is 15.0 Å². The van der Waals surface area contributed by atoms with E-state index in [1.165, 1.54) is 24.8 Å². The fourth-order valence-corrected chi connectivity index (χ4v) is 3.96. The van der Waals surface area contributed by atoms with Gasteiger partial charge in [0.25, 0.3) is 0 Å². The fraction of sp³-hybridized carbons (Fsp3) is 0.360. The molecule has 0 amide bonds. The summed E-state index contributed by atoms with van der Waals surface area (Å²) in [4.78, 5) is 23.6. The van der Waals surface area contributed by atoms with Crippen LogP contribution in [0.15, 0.2) is 52.1 Å². The van der Waals surface area contributed by atoms with Crippen LogP contribution < -0.4 is 21.7 Å². The summed E-state index contributed by atoms with van der Waals surface area (Å²) in [5.74, 6) is 0.122. The number of carbonyl (C=O) groups excluding carboxylic acids is 2. The van der Waals surface area contributed by atoms with Gasteiger partial charge >= 0.3 is 6.16 Å². The van der Waals surface area contributed by atoms with E-state index in [0.717, 1.165) is 22.3 Å². The third-order valence-electron chi connectivity index (χ3n) is 5.75. The van der Waals surface area contributed by atoms with Crippen molar-refractivity contribution in [1.29, 1.82) is 0 Å². The number of aromatic nitrogens is 3. The van der Waals surface area contributed by atoms with Gasteiger partial charge in [0.2, 0.25) is 0 Å². The number of nitrogens with zero attached hydrogens (tertiary/aromatic N) is 3. The first-order valence-electron chi connectivity index (χ1n) is 11.4. The highest BCUT2D eigenvalue weighted by Gasteiger charge is 2.19. The number of fused-ring (bicyclic) bond motifs is 1. The number of anilines is 1. The number of rotatable bonds is 9. The highest BCUT2D eigenvalue weighted by Crippen LogP contribution is 2.20. The van der Waals surface area contributed by atoms with Gasteiger partial charge in [0.05, 0.1) is 30.6 Å². The van der Waals surface area contributed by atoms with Crippen LogP contribution in [0.1, 0.15) is 45.6 Å². The van der Waals surface area contributed by atoms with Crippen LogP contribution in [0.25, 0.3) is 11.3 Å². The minimum atomic E-state index is -0.807. The second-order valence-corrected chi connectivity index (χ2v) is 8.28. The zero-order valence-electron chi connectivity index (χ0n) is 20.8. The Bertz CT molecular complexity index is 1350. The molecule has 192 valence electrons. The maximum Gasteiger partial charge on any atom is 0.509 e. The van der Waals surface area contributed by atoms with Crippen LogP contribution in [0.2, 0.25) is 0 Å². The lowest BCUT2D eigenvalue weighted by atomic mass is 9.98. The second kappa shape index (κ2) is 12.0. The summed E-state index contributed by atoms with van der Waals surface area (Å²) < 4.78 is 28.8. The Morgan fingerprint density at radius 2 is 2.11 bits per heavy atom. The molecule has 2 aromatic rings. The van der Waals surface area contributed by atoms with E-state index >= 15 is 0 Å². The minimum Gasteiger partial charge on any atom is -0.438 e. The largest absolute Gasteiger partial charge is 0.509 e. The number of hydrogen-bond donors (Lipinski definition) is 2. The molecule has 0 atom stereocenters. The minimum absolute atomic E-state index is 0.0855. The van der Waals surface area contributed by atoms with Gasteiger partial charge < -0.3 is 25.0 Å². The van der Waals surface area contributed by atoms with Gasteiger partial charge in [-0.15, -0.1) is 0 Å². The maximum atomic E-state index is 12.4. The molecule has 0 aromatic carbocycles. The zero-order chi connectivity index (χ0) is 26.2. The molecular formula is C25H30FN5O5. The molecule has 0 fully saturated rings. The van der Waals surface area contributed by atoms with Crippen molar-refractivity contribution in [2.45, 2.75) is 46.8 Å². The van der Waals surface area contributed by atoms with Crippen molar-refractivity contribution >= 4 is 29.0 Å². The van der Waals surface area contributed by atoms with E-state index in [0.29, 0.717) is 54.0 Å². The molecule has 3 N–H and O–H groups in total. The lowest BCUT2D eigenvalue weighted by Gasteiger charge is -2.12. The second-order valence-electron chi connectivity index (χ2n) is 8.28. The van der Waals surface area contributed by atoms with Crippen molar-refractivity contribution in [3.63, 3.8) is 0 Å². The third kappa shape index (κ3) is 6.09. The summed E-state index contributed by atoms with van der Waals surface area (Å²) in [7, 11) is 1.23. The molecule has 11 heteroatoms. The van der Waals surface area contributed by atoms with Crippen LogP contribution in [-0.2, 0) is 21.0 Å². The van der Waals surface area contributed by atoms with Crippen LogP contribution in [0, 0.1) is 0 Å². The Morgan fingerprint density at radius 3 is 2.81 bits per heavy atom. The van der Waals surface area contributed by atoms with Gasteiger partial charge in [-0.05, 0) is 51.7 Å². The van der Waals surface area contributed by atoms with E-state index in [1.54, 1.807) is 12.4 Å². The molecule has 2 aromatic heterocycles. The SMILES string of the molecule is COC(=O)OCn1cc(C2=c3onc(N)c3=C(/C(C)=C/C(C(C)=O)=C(/C)CCC=CF)NCC2)cn1. The van der Waals surface area contributed by atoms with Crippen LogP contribution in [0.5, 0.6) is 0 Å². The Kier molecular flexibility index (Phi) is 8.82. The molecule has 0 unspecified atom stereocenters. The Labute approximate surface area is 207 Å². The van der Waals surface area contributed by atoms with E-state index in [9.17, 15) is 14.0 Å². The summed E-state index contributed by atoms with van der Waals surface area (Å²) in [5.41, 5.74) is 11.2. The first kappa shape index (κ1) is 26.5. The Balaban J connectivity index is 2.09. The average molecular weight is 500 g/mol. The molecule has 0 saturated carbocycles. The number of ketones is 1. The normalized spacial score (nSPS) is 14.8. The van der Waals surface area contributed by atoms with E-state index < -0.39 is 6.16 Å². The van der Waals surface area contributed by atoms with Gasteiger partial charge in [-0.1, -0.05) is 16.8 Å². The maximum absolute atomic E-state index is 12.4. The zero-order valence-corrected chi connectivity index (χ0v) is 20.8. The monoisotopic (exact) mass is 499 g/mol. The molecule has 0 bridgehead atoms. The van der Waals surface area contributed by atoms with Crippen LogP contribution in [-0.4, -0.2) is 40.5 Å². The van der Waals surface area contributed by atoms with Crippen LogP contribution >= 0.6 is 0 Å². The van der Waals surface area contributed by atoms with Gasteiger partial charge in [0.15, 0.2) is 23.7 Å². The quantitative estimate of drug-likeness (QED) is 0.303. The fourth-order valence-electron chi connectivity index (χ4n) is 3.96. The number of allylic oxidation sites excluding steroid dienone is 4. The van der Waals surface area contributed by atoms with Gasteiger partial charge in [-0.2, -0.15) is 5.10 Å².